The first-order chi connectivity index (χ1) is 11.1. The lowest BCUT2D eigenvalue weighted by molar-refractivity contribution is 0.0790. The van der Waals surface area contributed by atoms with E-state index in [0.717, 1.165) is 12.5 Å². The highest BCUT2D eigenvalue weighted by atomic mass is 32.2. The normalized spacial score (nSPS) is 24.7. The van der Waals surface area contributed by atoms with Gasteiger partial charge in [0.25, 0.3) is 0 Å². The van der Waals surface area contributed by atoms with E-state index in [2.05, 4.69) is 20.4 Å². The molecule has 0 spiro atoms. The van der Waals surface area contributed by atoms with Gasteiger partial charge in [0.1, 0.15) is 0 Å². The first kappa shape index (κ1) is 17.0. The van der Waals surface area contributed by atoms with Crippen LogP contribution in [0.3, 0.4) is 0 Å². The van der Waals surface area contributed by atoms with Crippen molar-refractivity contribution in [2.75, 3.05) is 19.1 Å². The van der Waals surface area contributed by atoms with Gasteiger partial charge in [0.2, 0.25) is 31.5 Å². The maximum Gasteiger partial charge on any atom is 0.335 e. The van der Waals surface area contributed by atoms with Gasteiger partial charge in [-0.2, -0.15) is 0 Å². The molecule has 3 rings (SSSR count). The van der Waals surface area contributed by atoms with E-state index in [-0.39, 0.29) is 24.3 Å². The zero-order valence-electron chi connectivity index (χ0n) is 12.6. The standard InChI is InChI=1S/C11H14N4O7S2/c1-23(17,18)10-14-12-8(21-10)6-3-5(4-16)7(6)9-13-15-11(22-9)24(2,19)20/h5-7,16H,3-4H2,1-2H3. The molecule has 0 aromatic carbocycles. The van der Waals surface area contributed by atoms with E-state index in [4.69, 9.17) is 8.83 Å². The maximum absolute atomic E-state index is 11.4. The van der Waals surface area contributed by atoms with Gasteiger partial charge in [-0.25, -0.2) is 16.8 Å². The molecule has 2 aromatic rings. The number of nitrogens with zero attached hydrogens (tertiary/aromatic N) is 4. The van der Waals surface area contributed by atoms with Crippen LogP contribution >= 0.6 is 0 Å². The van der Waals surface area contributed by atoms with Gasteiger partial charge in [0.15, 0.2) is 0 Å². The summed E-state index contributed by atoms with van der Waals surface area (Å²) in [4.78, 5) is 0. The van der Waals surface area contributed by atoms with Crippen LogP contribution in [0.4, 0.5) is 0 Å². The van der Waals surface area contributed by atoms with E-state index >= 15 is 0 Å². The third kappa shape index (κ3) is 2.93. The molecule has 1 aliphatic carbocycles. The molecule has 0 saturated heterocycles. The number of hydrogen-bond donors (Lipinski definition) is 1. The maximum atomic E-state index is 11.4. The van der Waals surface area contributed by atoms with Crippen molar-refractivity contribution in [2.24, 2.45) is 5.92 Å². The van der Waals surface area contributed by atoms with Gasteiger partial charge in [-0.3, -0.25) is 0 Å². The summed E-state index contributed by atoms with van der Waals surface area (Å²) in [6.07, 6.45) is 2.31. The minimum atomic E-state index is -3.65. The van der Waals surface area contributed by atoms with Crippen LogP contribution in [-0.4, -0.2) is 61.5 Å². The van der Waals surface area contributed by atoms with E-state index in [9.17, 15) is 21.9 Å². The van der Waals surface area contributed by atoms with Crippen LogP contribution in [0.15, 0.2) is 19.3 Å². The molecule has 2 heterocycles. The highest BCUT2D eigenvalue weighted by Gasteiger charge is 2.49. The molecule has 3 atom stereocenters. The SMILES string of the molecule is CS(=O)(=O)c1nnc(C2CC(CO)C2c2nnc(S(C)(=O)=O)o2)o1. The minimum Gasteiger partial charge on any atom is -0.412 e. The monoisotopic (exact) mass is 378 g/mol. The molecule has 1 aliphatic rings. The number of rotatable bonds is 5. The van der Waals surface area contributed by atoms with E-state index in [1.807, 2.05) is 0 Å². The van der Waals surface area contributed by atoms with Crippen molar-refractivity contribution in [3.8, 4) is 0 Å². The minimum absolute atomic E-state index is 0.0184. The van der Waals surface area contributed by atoms with Crippen LogP contribution in [-0.2, 0) is 19.7 Å². The Bertz CT molecular complexity index is 962. The summed E-state index contributed by atoms with van der Waals surface area (Å²) >= 11 is 0. The van der Waals surface area contributed by atoms with Gasteiger partial charge in [0.05, 0.1) is 5.92 Å². The van der Waals surface area contributed by atoms with Crippen LogP contribution in [0.5, 0.6) is 0 Å². The lowest BCUT2D eigenvalue weighted by Crippen LogP contribution is -2.35. The molecule has 1 saturated carbocycles. The van der Waals surface area contributed by atoms with Crippen LogP contribution in [0.25, 0.3) is 0 Å². The lowest BCUT2D eigenvalue weighted by atomic mass is 9.65. The molecule has 24 heavy (non-hydrogen) atoms. The van der Waals surface area contributed by atoms with Gasteiger partial charge in [-0.05, 0) is 12.3 Å². The highest BCUT2D eigenvalue weighted by molar-refractivity contribution is 7.90. The van der Waals surface area contributed by atoms with Crippen molar-refractivity contribution < 1.29 is 30.8 Å². The number of hydrogen-bond acceptors (Lipinski definition) is 11. The molecule has 1 N–H and O–H groups in total. The molecular formula is C11H14N4O7S2. The average molecular weight is 378 g/mol. The molecule has 2 aromatic heterocycles. The predicted molar refractivity (Wildman–Crippen MR) is 75.5 cm³/mol. The molecular weight excluding hydrogens is 364 g/mol. The van der Waals surface area contributed by atoms with Crippen molar-refractivity contribution in [3.63, 3.8) is 0 Å². The van der Waals surface area contributed by atoms with Crippen LogP contribution in [0.1, 0.15) is 30.0 Å². The zero-order valence-corrected chi connectivity index (χ0v) is 14.3. The first-order valence-electron chi connectivity index (χ1n) is 6.79. The smallest absolute Gasteiger partial charge is 0.335 e. The largest absolute Gasteiger partial charge is 0.412 e. The fourth-order valence-corrected chi connectivity index (χ4v) is 3.45. The summed E-state index contributed by atoms with van der Waals surface area (Å²) in [5.41, 5.74) is 0. The predicted octanol–water partition coefficient (Wildman–Crippen LogP) is -0.861. The molecule has 0 amide bonds. The van der Waals surface area contributed by atoms with Gasteiger partial charge in [-0.15, -0.1) is 10.2 Å². The van der Waals surface area contributed by atoms with Crippen molar-refractivity contribution >= 4 is 19.7 Å². The second-order valence-corrected chi connectivity index (χ2v) is 9.45. The van der Waals surface area contributed by atoms with E-state index in [0.29, 0.717) is 6.42 Å². The Balaban J connectivity index is 1.93. The van der Waals surface area contributed by atoms with Gasteiger partial charge in [-0.1, -0.05) is 10.2 Å². The number of aromatic nitrogens is 4. The Kier molecular flexibility index (Phi) is 3.96. The Hall–Kier alpha value is -1.86. The molecule has 132 valence electrons. The molecule has 11 nitrogen and oxygen atoms in total. The summed E-state index contributed by atoms with van der Waals surface area (Å²) in [5, 5.41) is 22.8. The van der Waals surface area contributed by atoms with Crippen molar-refractivity contribution in [1.82, 2.24) is 20.4 Å². The van der Waals surface area contributed by atoms with E-state index in [1.165, 1.54) is 0 Å². The molecule has 3 unspecified atom stereocenters. The van der Waals surface area contributed by atoms with Crippen LogP contribution < -0.4 is 0 Å². The molecule has 0 aliphatic heterocycles. The summed E-state index contributed by atoms with van der Waals surface area (Å²) < 4.78 is 56.1. The number of aliphatic hydroxyl groups excluding tert-OH is 1. The Morgan fingerprint density at radius 1 is 0.958 bits per heavy atom. The summed E-state index contributed by atoms with van der Waals surface area (Å²) in [7, 11) is -7.29. The highest BCUT2D eigenvalue weighted by Crippen LogP contribution is 2.52. The van der Waals surface area contributed by atoms with E-state index < -0.39 is 42.0 Å². The molecule has 1 fully saturated rings. The summed E-state index contributed by atoms with van der Waals surface area (Å²) in [6.45, 7) is -0.190. The van der Waals surface area contributed by atoms with Gasteiger partial charge >= 0.3 is 10.4 Å². The second kappa shape index (κ2) is 5.60. The van der Waals surface area contributed by atoms with Crippen molar-refractivity contribution in [1.29, 1.82) is 0 Å². The summed E-state index contributed by atoms with van der Waals surface area (Å²) in [5.74, 6) is -1.17. The fourth-order valence-electron chi connectivity index (χ4n) is 2.59. The summed E-state index contributed by atoms with van der Waals surface area (Å²) in [6, 6.07) is 0. The van der Waals surface area contributed by atoms with Crippen molar-refractivity contribution in [3.05, 3.63) is 11.8 Å². The third-order valence-electron chi connectivity index (χ3n) is 3.81. The van der Waals surface area contributed by atoms with E-state index in [1.54, 1.807) is 0 Å². The van der Waals surface area contributed by atoms with Crippen LogP contribution in [0, 0.1) is 5.92 Å². The molecule has 13 heteroatoms. The Morgan fingerprint density at radius 3 is 1.92 bits per heavy atom. The second-order valence-electron chi connectivity index (χ2n) is 5.67. The Labute approximate surface area is 136 Å². The first-order valence-corrected chi connectivity index (χ1v) is 10.6. The third-order valence-corrected chi connectivity index (χ3v) is 5.41. The topological polar surface area (TPSA) is 166 Å². The van der Waals surface area contributed by atoms with Gasteiger partial charge < -0.3 is 13.9 Å². The fraction of sp³-hybridized carbons (Fsp3) is 0.636. The quantitative estimate of drug-likeness (QED) is 0.687. The van der Waals surface area contributed by atoms with Crippen LogP contribution in [0.2, 0.25) is 0 Å². The molecule has 0 radical (unpaired) electrons. The van der Waals surface area contributed by atoms with Gasteiger partial charge in [0, 0.05) is 25.0 Å². The molecule has 0 bridgehead atoms. The average Bonchev–Trinajstić information content (AvgIpc) is 3.05. The number of aliphatic hydroxyl groups is 1. The number of sulfone groups is 2. The Morgan fingerprint density at radius 2 is 1.46 bits per heavy atom. The van der Waals surface area contributed by atoms with Crippen molar-refractivity contribution in [2.45, 2.75) is 28.7 Å². The zero-order chi connectivity index (χ0) is 17.7. The lowest BCUT2D eigenvalue weighted by Gasteiger charge is -2.39.